The molecule has 22 heavy (non-hydrogen) atoms. The van der Waals surface area contributed by atoms with E-state index >= 15 is 0 Å². The summed E-state index contributed by atoms with van der Waals surface area (Å²) in [6.45, 7) is 1.89. The van der Waals surface area contributed by atoms with Gasteiger partial charge in [-0.05, 0) is 24.1 Å². The summed E-state index contributed by atoms with van der Waals surface area (Å²) in [5.74, 6) is 1.29. The van der Waals surface area contributed by atoms with Gasteiger partial charge in [0, 0.05) is 25.5 Å². The van der Waals surface area contributed by atoms with Gasteiger partial charge >= 0.3 is 0 Å². The monoisotopic (exact) mass is 292 g/mol. The van der Waals surface area contributed by atoms with Crippen molar-refractivity contribution in [3.05, 3.63) is 65.5 Å². The summed E-state index contributed by atoms with van der Waals surface area (Å²) < 4.78 is 2.16. The van der Waals surface area contributed by atoms with Crippen LogP contribution in [0.15, 0.2) is 48.5 Å². The summed E-state index contributed by atoms with van der Waals surface area (Å²) in [6.07, 6.45) is 2.38. The molecule has 0 saturated carbocycles. The predicted octanol–water partition coefficient (Wildman–Crippen LogP) is 3.95. The third-order valence-electron chi connectivity index (χ3n) is 4.11. The second-order valence-electron chi connectivity index (χ2n) is 5.55. The van der Waals surface area contributed by atoms with Crippen LogP contribution in [0.5, 0.6) is 0 Å². The van der Waals surface area contributed by atoms with Gasteiger partial charge in [-0.25, -0.2) is 4.98 Å². The van der Waals surface area contributed by atoms with Crippen LogP contribution >= 0.6 is 0 Å². The number of hydrogen-bond donors (Lipinski definition) is 0. The van der Waals surface area contributed by atoms with Gasteiger partial charge in [0.25, 0.3) is 0 Å². The van der Waals surface area contributed by atoms with Crippen LogP contribution in [0.3, 0.4) is 0 Å². The predicted molar refractivity (Wildman–Crippen MR) is 89.2 cm³/mol. The zero-order chi connectivity index (χ0) is 15.5. The van der Waals surface area contributed by atoms with Gasteiger partial charge in [-0.15, -0.1) is 0 Å². The normalized spacial score (nSPS) is 11.0. The van der Waals surface area contributed by atoms with Gasteiger partial charge in [-0.3, -0.25) is 4.79 Å². The molecule has 0 N–H and O–H groups in total. The molecule has 3 aromatic rings. The van der Waals surface area contributed by atoms with Gasteiger partial charge in [0.05, 0.1) is 11.0 Å². The second-order valence-corrected chi connectivity index (χ2v) is 5.55. The maximum atomic E-state index is 11.6. The molecule has 0 unspecified atom stereocenters. The Morgan fingerprint density at radius 1 is 1.05 bits per heavy atom. The number of ketones is 1. The molecule has 0 aliphatic rings. The lowest BCUT2D eigenvalue weighted by Crippen LogP contribution is -2.01. The van der Waals surface area contributed by atoms with Crippen molar-refractivity contribution >= 4 is 16.8 Å². The number of Topliss-reactive ketones (excluding diaryl/α,β-unsaturated/α-hetero) is 1. The fourth-order valence-corrected chi connectivity index (χ4v) is 2.74. The molecular formula is C19H20N2O. The molecular weight excluding hydrogens is 272 g/mol. The number of hydrogen-bond acceptors (Lipinski definition) is 2. The molecule has 112 valence electrons. The first kappa shape index (κ1) is 14.5. The van der Waals surface area contributed by atoms with Gasteiger partial charge in [0.15, 0.2) is 5.78 Å². The third-order valence-corrected chi connectivity index (χ3v) is 4.11. The molecule has 3 heteroatoms. The Bertz CT molecular complexity index is 800. The maximum Gasteiger partial charge on any atom is 0.162 e. The standard InChI is InChI=1S/C19H20N2O/c1-3-18(22)15-11-8-14(9-12-15)10-13-19-20-16-6-4-5-7-17(16)21(19)2/h4-9,11-12H,3,10,13H2,1-2H3. The molecule has 3 rings (SSSR count). The van der Waals surface area contributed by atoms with Gasteiger partial charge in [-0.1, -0.05) is 43.3 Å². The van der Waals surface area contributed by atoms with Crippen molar-refractivity contribution < 1.29 is 4.79 Å². The molecule has 0 aliphatic carbocycles. The van der Waals surface area contributed by atoms with Gasteiger partial charge in [0.2, 0.25) is 0 Å². The largest absolute Gasteiger partial charge is 0.331 e. The molecule has 1 heterocycles. The molecule has 0 fully saturated rings. The first-order valence-corrected chi connectivity index (χ1v) is 7.71. The average molecular weight is 292 g/mol. The minimum Gasteiger partial charge on any atom is -0.331 e. The lowest BCUT2D eigenvalue weighted by Gasteiger charge is -2.04. The summed E-state index contributed by atoms with van der Waals surface area (Å²) in [7, 11) is 2.06. The van der Waals surface area contributed by atoms with E-state index in [0.29, 0.717) is 6.42 Å². The number of benzene rings is 2. The fraction of sp³-hybridized carbons (Fsp3) is 0.263. The highest BCUT2D eigenvalue weighted by Gasteiger charge is 2.07. The highest BCUT2D eigenvalue weighted by molar-refractivity contribution is 5.95. The minimum atomic E-state index is 0.196. The lowest BCUT2D eigenvalue weighted by molar-refractivity contribution is 0.0988. The molecule has 0 atom stereocenters. The van der Waals surface area contributed by atoms with Crippen molar-refractivity contribution in [1.82, 2.24) is 9.55 Å². The Morgan fingerprint density at radius 2 is 1.77 bits per heavy atom. The molecule has 0 radical (unpaired) electrons. The number of imidazole rings is 1. The number of carbonyl (C=O) groups excluding carboxylic acids is 1. The molecule has 0 spiro atoms. The van der Waals surface area contributed by atoms with Crippen molar-refractivity contribution in [2.24, 2.45) is 7.05 Å². The molecule has 1 aromatic heterocycles. The van der Waals surface area contributed by atoms with Crippen molar-refractivity contribution in [1.29, 1.82) is 0 Å². The molecule has 3 nitrogen and oxygen atoms in total. The zero-order valence-electron chi connectivity index (χ0n) is 13.0. The van der Waals surface area contributed by atoms with Gasteiger partial charge < -0.3 is 4.57 Å². The number of aryl methyl sites for hydroxylation is 3. The molecule has 0 amide bonds. The van der Waals surface area contributed by atoms with Crippen molar-refractivity contribution in [3.63, 3.8) is 0 Å². The van der Waals surface area contributed by atoms with Gasteiger partial charge in [0.1, 0.15) is 5.82 Å². The topological polar surface area (TPSA) is 34.9 Å². The van der Waals surface area contributed by atoms with Crippen LogP contribution in [-0.2, 0) is 19.9 Å². The van der Waals surface area contributed by atoms with Crippen LogP contribution in [0.25, 0.3) is 11.0 Å². The SMILES string of the molecule is CCC(=O)c1ccc(CCc2nc3ccccc3n2C)cc1. The van der Waals surface area contributed by atoms with E-state index in [-0.39, 0.29) is 5.78 Å². The number of carbonyl (C=O) groups is 1. The van der Waals surface area contributed by atoms with Crippen molar-refractivity contribution in [2.75, 3.05) is 0 Å². The Labute approximate surface area is 130 Å². The summed E-state index contributed by atoms with van der Waals surface area (Å²) in [4.78, 5) is 16.3. The zero-order valence-corrected chi connectivity index (χ0v) is 13.0. The van der Waals surface area contributed by atoms with E-state index in [0.717, 1.165) is 29.7 Å². The van der Waals surface area contributed by atoms with Crippen LogP contribution < -0.4 is 0 Å². The van der Waals surface area contributed by atoms with Crippen LogP contribution in [0.2, 0.25) is 0 Å². The van der Waals surface area contributed by atoms with E-state index in [1.54, 1.807) is 0 Å². The number of fused-ring (bicyclic) bond motifs is 1. The van der Waals surface area contributed by atoms with Crippen molar-refractivity contribution in [3.8, 4) is 0 Å². The van der Waals surface area contributed by atoms with Crippen molar-refractivity contribution in [2.45, 2.75) is 26.2 Å². The Morgan fingerprint density at radius 3 is 2.45 bits per heavy atom. The number of nitrogens with zero attached hydrogens (tertiary/aromatic N) is 2. The smallest absolute Gasteiger partial charge is 0.162 e. The summed E-state index contributed by atoms with van der Waals surface area (Å²) in [5.41, 5.74) is 4.25. The Hall–Kier alpha value is -2.42. The number of para-hydroxylation sites is 2. The number of aromatic nitrogens is 2. The second kappa shape index (κ2) is 6.14. The van der Waals surface area contributed by atoms with E-state index in [4.69, 9.17) is 4.98 Å². The first-order valence-electron chi connectivity index (χ1n) is 7.71. The van der Waals surface area contributed by atoms with Gasteiger partial charge in [-0.2, -0.15) is 0 Å². The number of rotatable bonds is 5. The highest BCUT2D eigenvalue weighted by atomic mass is 16.1. The van der Waals surface area contributed by atoms with E-state index in [1.165, 1.54) is 11.1 Å². The quantitative estimate of drug-likeness (QED) is 0.667. The van der Waals surface area contributed by atoms with Crippen LogP contribution in [0, 0.1) is 0 Å². The fourth-order valence-electron chi connectivity index (χ4n) is 2.74. The van der Waals surface area contributed by atoms with E-state index in [9.17, 15) is 4.79 Å². The maximum absolute atomic E-state index is 11.6. The summed E-state index contributed by atoms with van der Waals surface area (Å²) in [5, 5.41) is 0. The van der Waals surface area contributed by atoms with Crippen LogP contribution in [-0.4, -0.2) is 15.3 Å². The van der Waals surface area contributed by atoms with E-state index < -0.39 is 0 Å². The third kappa shape index (κ3) is 2.80. The van der Waals surface area contributed by atoms with E-state index in [2.05, 4.69) is 17.7 Å². The molecule has 0 bridgehead atoms. The van der Waals surface area contributed by atoms with E-state index in [1.807, 2.05) is 49.4 Å². The molecule has 0 saturated heterocycles. The first-order chi connectivity index (χ1) is 10.7. The molecule has 0 aliphatic heterocycles. The van der Waals surface area contributed by atoms with Crippen LogP contribution in [0.4, 0.5) is 0 Å². The summed E-state index contributed by atoms with van der Waals surface area (Å²) >= 11 is 0. The Balaban J connectivity index is 1.74. The minimum absolute atomic E-state index is 0.196. The summed E-state index contributed by atoms with van der Waals surface area (Å²) in [6, 6.07) is 16.1. The Kier molecular flexibility index (Phi) is 4.05. The van der Waals surface area contributed by atoms with Crippen LogP contribution in [0.1, 0.15) is 35.1 Å². The molecule has 2 aromatic carbocycles. The highest BCUT2D eigenvalue weighted by Crippen LogP contribution is 2.16. The average Bonchev–Trinajstić information content (AvgIpc) is 2.89. The lowest BCUT2D eigenvalue weighted by atomic mass is 10.0.